The van der Waals surface area contributed by atoms with Gasteiger partial charge in [0.05, 0.1) is 0 Å². The Morgan fingerprint density at radius 2 is 2.00 bits per heavy atom. The van der Waals surface area contributed by atoms with Crippen LogP contribution in [0.5, 0.6) is 0 Å². The topological polar surface area (TPSA) is 74.5 Å². The van der Waals surface area contributed by atoms with Crippen LogP contribution in [0, 0.1) is 5.92 Å². The van der Waals surface area contributed by atoms with Gasteiger partial charge in [0, 0.05) is 45.0 Å². The van der Waals surface area contributed by atoms with E-state index in [1.807, 2.05) is 6.92 Å². The molecule has 180 valence electrons. The summed E-state index contributed by atoms with van der Waals surface area (Å²) in [6, 6.07) is 0.167. The zero-order valence-corrected chi connectivity index (χ0v) is 21.0. The van der Waals surface area contributed by atoms with Crippen molar-refractivity contribution in [3.05, 3.63) is 18.2 Å². The molecule has 2 atom stereocenters. The molecule has 1 aliphatic carbocycles. The summed E-state index contributed by atoms with van der Waals surface area (Å²) < 4.78 is 42.1. The van der Waals surface area contributed by atoms with E-state index in [-0.39, 0.29) is 36.6 Å². The van der Waals surface area contributed by atoms with Gasteiger partial charge in [0.2, 0.25) is 5.60 Å². The molecule has 1 aromatic rings. The van der Waals surface area contributed by atoms with E-state index in [0.29, 0.717) is 12.5 Å². The summed E-state index contributed by atoms with van der Waals surface area (Å²) in [5.41, 5.74) is -3.04. The Bertz CT molecular complexity index is 676. The second kappa shape index (κ2) is 12.9. The number of aliphatic hydroxyl groups is 1. The molecule has 2 rings (SSSR count). The summed E-state index contributed by atoms with van der Waals surface area (Å²) in [5.74, 6) is 0.823. The number of imidazole rings is 1. The minimum atomic E-state index is -4.85. The lowest BCUT2D eigenvalue weighted by molar-refractivity contribution is -0.272. The first-order chi connectivity index (χ1) is 14.2. The number of rotatable bonds is 9. The Balaban J connectivity index is 0.00000480. The summed E-state index contributed by atoms with van der Waals surface area (Å²) in [4.78, 5) is 8.00. The molecule has 0 spiro atoms. The molecule has 0 aromatic carbocycles. The van der Waals surface area contributed by atoms with Gasteiger partial charge in [-0.1, -0.05) is 32.1 Å². The van der Waals surface area contributed by atoms with Gasteiger partial charge in [0.15, 0.2) is 5.96 Å². The minimum Gasteiger partial charge on any atom is -0.374 e. The van der Waals surface area contributed by atoms with Gasteiger partial charge in [-0.05, 0) is 32.6 Å². The van der Waals surface area contributed by atoms with Crippen molar-refractivity contribution in [3.8, 4) is 0 Å². The van der Waals surface area contributed by atoms with Crippen molar-refractivity contribution in [2.45, 2.75) is 83.0 Å². The predicted octanol–water partition coefficient (Wildman–Crippen LogP) is 4.48. The molecule has 2 unspecified atom stereocenters. The number of hydrogen-bond donors (Lipinski definition) is 3. The minimum absolute atomic E-state index is 0. The zero-order chi connectivity index (χ0) is 22.2. The van der Waals surface area contributed by atoms with E-state index in [4.69, 9.17) is 0 Å². The SMILES string of the molecule is CCNC(=NCCC(O)(c1nccn1C)C(F)(F)F)NC(C)CCC1CCCCC1.I. The highest BCUT2D eigenvalue weighted by molar-refractivity contribution is 14.0. The van der Waals surface area contributed by atoms with E-state index in [2.05, 4.69) is 27.5 Å². The van der Waals surface area contributed by atoms with Crippen molar-refractivity contribution in [2.24, 2.45) is 18.0 Å². The van der Waals surface area contributed by atoms with Crippen LogP contribution in [0.15, 0.2) is 17.4 Å². The molecule has 1 fully saturated rings. The van der Waals surface area contributed by atoms with Crippen LogP contribution in [0.25, 0.3) is 0 Å². The molecule has 6 nitrogen and oxygen atoms in total. The molecule has 0 aliphatic heterocycles. The van der Waals surface area contributed by atoms with Gasteiger partial charge in [0.1, 0.15) is 5.82 Å². The maximum atomic E-state index is 13.6. The number of alkyl halides is 3. The first kappa shape index (κ1) is 28.0. The molecule has 1 aliphatic rings. The van der Waals surface area contributed by atoms with Gasteiger partial charge in [-0.3, -0.25) is 4.99 Å². The Labute approximate surface area is 200 Å². The second-order valence-corrected chi connectivity index (χ2v) is 8.36. The second-order valence-electron chi connectivity index (χ2n) is 8.36. The molecular formula is C21H37F3IN5O. The van der Waals surface area contributed by atoms with Gasteiger partial charge in [-0.2, -0.15) is 13.2 Å². The van der Waals surface area contributed by atoms with E-state index in [1.54, 1.807) is 0 Å². The smallest absolute Gasteiger partial charge is 0.374 e. The Morgan fingerprint density at radius 3 is 2.55 bits per heavy atom. The zero-order valence-electron chi connectivity index (χ0n) is 18.7. The van der Waals surface area contributed by atoms with Crippen molar-refractivity contribution in [3.63, 3.8) is 0 Å². The number of nitrogens with zero attached hydrogens (tertiary/aromatic N) is 3. The highest BCUT2D eigenvalue weighted by Crippen LogP contribution is 2.40. The predicted molar refractivity (Wildman–Crippen MR) is 128 cm³/mol. The molecule has 0 saturated heterocycles. The summed E-state index contributed by atoms with van der Waals surface area (Å²) in [6.07, 6.45) is 5.88. The number of nitrogens with one attached hydrogen (secondary N) is 2. The van der Waals surface area contributed by atoms with Gasteiger partial charge in [0.25, 0.3) is 0 Å². The maximum absolute atomic E-state index is 13.6. The third-order valence-corrected chi connectivity index (χ3v) is 5.86. The Hall–Kier alpha value is -1.04. The number of aromatic nitrogens is 2. The van der Waals surface area contributed by atoms with Gasteiger partial charge in [-0.25, -0.2) is 4.98 Å². The van der Waals surface area contributed by atoms with Crippen molar-refractivity contribution < 1.29 is 18.3 Å². The molecular weight excluding hydrogens is 522 g/mol. The lowest BCUT2D eigenvalue weighted by Gasteiger charge is -2.29. The summed E-state index contributed by atoms with van der Waals surface area (Å²) >= 11 is 0. The van der Waals surface area contributed by atoms with Crippen LogP contribution in [0.3, 0.4) is 0 Å². The molecule has 0 amide bonds. The molecule has 3 N–H and O–H groups in total. The van der Waals surface area contributed by atoms with Crippen molar-refractivity contribution >= 4 is 29.9 Å². The summed E-state index contributed by atoms with van der Waals surface area (Å²) in [7, 11) is 1.43. The highest BCUT2D eigenvalue weighted by atomic mass is 127. The third-order valence-electron chi connectivity index (χ3n) is 5.86. The average Bonchev–Trinajstić information content (AvgIpc) is 3.12. The lowest BCUT2D eigenvalue weighted by Crippen LogP contribution is -2.46. The van der Waals surface area contributed by atoms with E-state index >= 15 is 0 Å². The Kier molecular flexibility index (Phi) is 11.6. The Morgan fingerprint density at radius 1 is 1.32 bits per heavy atom. The van der Waals surface area contributed by atoms with Crippen molar-refractivity contribution in [2.75, 3.05) is 13.1 Å². The van der Waals surface area contributed by atoms with Gasteiger partial charge >= 0.3 is 6.18 Å². The largest absolute Gasteiger partial charge is 0.424 e. The fourth-order valence-electron chi connectivity index (χ4n) is 4.06. The van der Waals surface area contributed by atoms with Crippen LogP contribution in [0.1, 0.15) is 71.0 Å². The van der Waals surface area contributed by atoms with E-state index < -0.39 is 24.0 Å². The standard InChI is InChI=1S/C21H36F3N5O.HI/c1-4-25-19(28-16(2)10-11-17-8-6-5-7-9-17)27-13-12-20(30,21(22,23)24)18-26-14-15-29(18)3;/h14-17,30H,4-13H2,1-3H3,(H2,25,27,28);1H. The maximum Gasteiger partial charge on any atom is 0.424 e. The summed E-state index contributed by atoms with van der Waals surface area (Å²) in [5, 5.41) is 16.8. The van der Waals surface area contributed by atoms with Gasteiger partial charge < -0.3 is 20.3 Å². The lowest BCUT2D eigenvalue weighted by atomic mass is 9.85. The molecule has 10 heteroatoms. The third kappa shape index (κ3) is 8.11. The van der Waals surface area contributed by atoms with E-state index in [0.717, 1.165) is 18.8 Å². The number of halogens is 4. The first-order valence-corrected chi connectivity index (χ1v) is 11.0. The molecule has 1 saturated carbocycles. The molecule has 31 heavy (non-hydrogen) atoms. The first-order valence-electron chi connectivity index (χ1n) is 11.0. The highest BCUT2D eigenvalue weighted by Gasteiger charge is 2.57. The average molecular weight is 559 g/mol. The number of aryl methyl sites for hydroxylation is 1. The normalized spacial score (nSPS) is 18.7. The monoisotopic (exact) mass is 559 g/mol. The number of hydrogen-bond acceptors (Lipinski definition) is 3. The van der Waals surface area contributed by atoms with Crippen molar-refractivity contribution in [1.29, 1.82) is 0 Å². The van der Waals surface area contributed by atoms with E-state index in [9.17, 15) is 18.3 Å². The van der Waals surface area contributed by atoms with Crippen molar-refractivity contribution in [1.82, 2.24) is 20.2 Å². The fourth-order valence-corrected chi connectivity index (χ4v) is 4.06. The van der Waals surface area contributed by atoms with Gasteiger partial charge in [-0.15, -0.1) is 24.0 Å². The fraction of sp³-hybridized carbons (Fsp3) is 0.810. The molecule has 0 bridgehead atoms. The van der Waals surface area contributed by atoms with Crippen LogP contribution in [-0.2, 0) is 12.6 Å². The van der Waals surface area contributed by atoms with Crippen LogP contribution < -0.4 is 10.6 Å². The quantitative estimate of drug-likeness (QED) is 0.237. The van der Waals surface area contributed by atoms with Crippen LogP contribution in [-0.4, -0.2) is 45.9 Å². The number of guanidine groups is 1. The number of aliphatic imine (C=N–C) groups is 1. The molecule has 0 radical (unpaired) electrons. The summed E-state index contributed by atoms with van der Waals surface area (Å²) in [6.45, 7) is 4.39. The molecule has 1 heterocycles. The van der Waals surface area contributed by atoms with Crippen LogP contribution in [0.4, 0.5) is 13.2 Å². The van der Waals surface area contributed by atoms with Crippen LogP contribution in [0.2, 0.25) is 0 Å². The molecule has 1 aromatic heterocycles. The van der Waals surface area contributed by atoms with E-state index in [1.165, 1.54) is 56.1 Å². The van der Waals surface area contributed by atoms with Crippen LogP contribution >= 0.6 is 24.0 Å².